The lowest BCUT2D eigenvalue weighted by Crippen LogP contribution is -2.02. The van der Waals surface area contributed by atoms with Crippen molar-refractivity contribution in [1.29, 1.82) is 0 Å². The fourth-order valence-electron chi connectivity index (χ4n) is 3.55. The third-order valence-electron chi connectivity index (χ3n) is 4.64. The van der Waals surface area contributed by atoms with Crippen molar-refractivity contribution in [2.24, 2.45) is 0 Å². The number of thiazole rings is 1. The molecule has 1 aromatic rings. The first kappa shape index (κ1) is 12.5. The highest BCUT2D eigenvalue weighted by Crippen LogP contribution is 2.42. The first-order chi connectivity index (χ1) is 8.84. The van der Waals surface area contributed by atoms with Crippen molar-refractivity contribution in [3.05, 3.63) is 10.7 Å². The fourth-order valence-corrected chi connectivity index (χ4v) is 4.64. The molecule has 2 N–H and O–H groups in total. The highest BCUT2D eigenvalue weighted by molar-refractivity contribution is 7.15. The van der Waals surface area contributed by atoms with Crippen LogP contribution in [0.3, 0.4) is 0 Å². The molecule has 100 valence electrons. The average Bonchev–Trinajstić information content (AvgIpc) is 2.93. The highest BCUT2D eigenvalue weighted by atomic mass is 32.1. The zero-order chi connectivity index (χ0) is 12.4. The van der Waals surface area contributed by atoms with Gasteiger partial charge in [-0.25, -0.2) is 4.98 Å². The predicted molar refractivity (Wildman–Crippen MR) is 78.2 cm³/mol. The zero-order valence-electron chi connectivity index (χ0n) is 11.2. The fraction of sp³-hybridized carbons (Fsp3) is 0.800. The van der Waals surface area contributed by atoms with Crippen LogP contribution in [0.1, 0.15) is 86.7 Å². The third kappa shape index (κ3) is 2.56. The first-order valence-electron chi connectivity index (χ1n) is 7.60. The molecule has 3 rings (SSSR count). The lowest BCUT2D eigenvalue weighted by molar-refractivity contribution is 0.577. The van der Waals surface area contributed by atoms with Crippen LogP contribution in [0.25, 0.3) is 0 Å². The molecule has 0 bridgehead atoms. The van der Waals surface area contributed by atoms with Gasteiger partial charge in [-0.1, -0.05) is 38.5 Å². The molecule has 0 aliphatic heterocycles. The Bertz CT molecular complexity index is 385. The normalized spacial score (nSPS) is 23.3. The van der Waals surface area contributed by atoms with Gasteiger partial charge in [-0.3, -0.25) is 0 Å². The molecular weight excluding hydrogens is 240 g/mol. The van der Waals surface area contributed by atoms with Gasteiger partial charge in [0, 0.05) is 11.8 Å². The summed E-state index contributed by atoms with van der Waals surface area (Å²) in [6, 6.07) is 0. The molecule has 2 fully saturated rings. The quantitative estimate of drug-likeness (QED) is 0.778. The molecule has 2 aliphatic rings. The summed E-state index contributed by atoms with van der Waals surface area (Å²) < 4.78 is 0. The van der Waals surface area contributed by atoms with E-state index in [4.69, 9.17) is 10.7 Å². The smallest absolute Gasteiger partial charge is 0.110 e. The second kappa shape index (κ2) is 5.60. The lowest BCUT2D eigenvalue weighted by Gasteiger charge is -2.11. The minimum absolute atomic E-state index is 0.652. The van der Waals surface area contributed by atoms with Gasteiger partial charge in [0.2, 0.25) is 0 Å². The molecule has 1 aromatic heterocycles. The number of nitrogens with two attached hydrogens (primary N) is 1. The van der Waals surface area contributed by atoms with Crippen LogP contribution in [-0.2, 0) is 0 Å². The Kier molecular flexibility index (Phi) is 3.88. The number of nitrogen functional groups attached to an aromatic ring is 1. The monoisotopic (exact) mass is 264 g/mol. The second-order valence-electron chi connectivity index (χ2n) is 5.97. The van der Waals surface area contributed by atoms with Crippen LogP contribution in [0.5, 0.6) is 0 Å². The molecule has 0 amide bonds. The summed E-state index contributed by atoms with van der Waals surface area (Å²) in [5.74, 6) is 1.37. The van der Waals surface area contributed by atoms with Crippen LogP contribution in [0.2, 0.25) is 0 Å². The SMILES string of the molecule is Nc1sc(C2CCCC2)nc1C1CCCCCC1. The highest BCUT2D eigenvalue weighted by Gasteiger charge is 2.25. The molecule has 2 saturated carbocycles. The molecule has 1 heterocycles. The van der Waals surface area contributed by atoms with Crippen LogP contribution < -0.4 is 5.73 Å². The summed E-state index contributed by atoms with van der Waals surface area (Å²) in [6.07, 6.45) is 13.5. The summed E-state index contributed by atoms with van der Waals surface area (Å²) in [5.41, 5.74) is 7.50. The summed E-state index contributed by atoms with van der Waals surface area (Å²) in [5, 5.41) is 2.35. The maximum atomic E-state index is 6.25. The van der Waals surface area contributed by atoms with E-state index in [0.717, 1.165) is 10.9 Å². The van der Waals surface area contributed by atoms with E-state index in [9.17, 15) is 0 Å². The second-order valence-corrected chi connectivity index (χ2v) is 7.03. The van der Waals surface area contributed by atoms with Gasteiger partial charge in [0.1, 0.15) is 5.00 Å². The van der Waals surface area contributed by atoms with Crippen LogP contribution >= 0.6 is 11.3 Å². The van der Waals surface area contributed by atoms with E-state index in [-0.39, 0.29) is 0 Å². The minimum atomic E-state index is 0.652. The van der Waals surface area contributed by atoms with Crippen molar-refractivity contribution in [3.8, 4) is 0 Å². The lowest BCUT2D eigenvalue weighted by atomic mass is 9.97. The standard InChI is InChI=1S/C15H24N2S/c16-14-13(11-7-3-1-2-4-8-11)17-15(18-14)12-9-5-6-10-12/h11-12H,1-10,16H2. The molecule has 0 radical (unpaired) electrons. The predicted octanol–water partition coefficient (Wildman–Crippen LogP) is 4.82. The Balaban J connectivity index is 1.78. The van der Waals surface area contributed by atoms with Crippen molar-refractivity contribution in [2.45, 2.75) is 76.0 Å². The number of nitrogens with zero attached hydrogens (tertiary/aromatic N) is 1. The van der Waals surface area contributed by atoms with Gasteiger partial charge >= 0.3 is 0 Å². The Labute approximate surface area is 114 Å². The van der Waals surface area contributed by atoms with Crippen LogP contribution in [0.4, 0.5) is 5.00 Å². The Morgan fingerprint density at radius 1 is 0.833 bits per heavy atom. The van der Waals surface area contributed by atoms with Crippen molar-refractivity contribution < 1.29 is 0 Å². The van der Waals surface area contributed by atoms with Gasteiger partial charge in [0.15, 0.2) is 0 Å². The number of aromatic nitrogens is 1. The van der Waals surface area contributed by atoms with Gasteiger partial charge < -0.3 is 5.73 Å². The average molecular weight is 264 g/mol. The number of anilines is 1. The van der Waals surface area contributed by atoms with E-state index in [1.165, 1.54) is 74.9 Å². The third-order valence-corrected chi connectivity index (χ3v) is 5.71. The summed E-state index contributed by atoms with van der Waals surface area (Å²) in [6.45, 7) is 0. The topological polar surface area (TPSA) is 38.9 Å². The van der Waals surface area contributed by atoms with Gasteiger partial charge in [-0.05, 0) is 25.7 Å². The maximum absolute atomic E-state index is 6.25. The molecule has 18 heavy (non-hydrogen) atoms. The molecule has 0 aromatic carbocycles. The molecule has 0 atom stereocenters. The van der Waals surface area contributed by atoms with E-state index < -0.39 is 0 Å². The van der Waals surface area contributed by atoms with Crippen molar-refractivity contribution >= 4 is 16.3 Å². The number of rotatable bonds is 2. The van der Waals surface area contributed by atoms with Gasteiger partial charge in [-0.15, -0.1) is 11.3 Å². The molecule has 2 nitrogen and oxygen atoms in total. The van der Waals surface area contributed by atoms with E-state index in [2.05, 4.69) is 0 Å². The van der Waals surface area contributed by atoms with Crippen LogP contribution in [0.15, 0.2) is 0 Å². The van der Waals surface area contributed by atoms with Crippen LogP contribution in [0, 0.1) is 0 Å². The summed E-state index contributed by atoms with van der Waals surface area (Å²) >= 11 is 1.78. The molecule has 0 unspecified atom stereocenters. The van der Waals surface area contributed by atoms with E-state index in [1.807, 2.05) is 0 Å². The Hall–Kier alpha value is -0.570. The molecule has 2 aliphatic carbocycles. The Morgan fingerprint density at radius 2 is 1.39 bits per heavy atom. The maximum Gasteiger partial charge on any atom is 0.110 e. The van der Waals surface area contributed by atoms with Gasteiger partial charge in [0.25, 0.3) is 0 Å². The van der Waals surface area contributed by atoms with E-state index >= 15 is 0 Å². The number of hydrogen-bond acceptors (Lipinski definition) is 3. The van der Waals surface area contributed by atoms with Crippen molar-refractivity contribution in [2.75, 3.05) is 5.73 Å². The van der Waals surface area contributed by atoms with Gasteiger partial charge in [-0.2, -0.15) is 0 Å². The minimum Gasteiger partial charge on any atom is -0.389 e. The molecule has 3 heteroatoms. The van der Waals surface area contributed by atoms with E-state index in [0.29, 0.717) is 5.92 Å². The largest absolute Gasteiger partial charge is 0.389 e. The van der Waals surface area contributed by atoms with Gasteiger partial charge in [0.05, 0.1) is 10.7 Å². The van der Waals surface area contributed by atoms with Crippen molar-refractivity contribution in [3.63, 3.8) is 0 Å². The summed E-state index contributed by atoms with van der Waals surface area (Å²) in [7, 11) is 0. The summed E-state index contributed by atoms with van der Waals surface area (Å²) in [4.78, 5) is 4.95. The molecular formula is C15H24N2S. The Morgan fingerprint density at radius 3 is 2.06 bits per heavy atom. The molecule has 0 saturated heterocycles. The number of hydrogen-bond donors (Lipinski definition) is 1. The zero-order valence-corrected chi connectivity index (χ0v) is 12.0. The first-order valence-corrected chi connectivity index (χ1v) is 8.42. The van der Waals surface area contributed by atoms with Crippen LogP contribution in [-0.4, -0.2) is 4.98 Å². The van der Waals surface area contributed by atoms with E-state index in [1.54, 1.807) is 11.3 Å². The van der Waals surface area contributed by atoms with Crippen molar-refractivity contribution in [1.82, 2.24) is 4.98 Å². The molecule has 0 spiro atoms.